The van der Waals surface area contributed by atoms with Crippen LogP contribution in [0, 0.1) is 13.8 Å². The van der Waals surface area contributed by atoms with Gasteiger partial charge in [0.15, 0.2) is 0 Å². The summed E-state index contributed by atoms with van der Waals surface area (Å²) in [6.45, 7) is 5.87. The molecule has 0 radical (unpaired) electrons. The predicted octanol–water partition coefficient (Wildman–Crippen LogP) is 1.85. The number of aromatic nitrogens is 2. The lowest BCUT2D eigenvalue weighted by Crippen LogP contribution is -2.22. The molecule has 1 atom stereocenters. The summed E-state index contributed by atoms with van der Waals surface area (Å²) >= 11 is 0. The van der Waals surface area contributed by atoms with Crippen LogP contribution >= 0.6 is 0 Å². The average molecular weight is 180 g/mol. The molecule has 1 fully saturated rings. The van der Waals surface area contributed by atoms with Crippen LogP contribution in [0.25, 0.3) is 0 Å². The van der Waals surface area contributed by atoms with Crippen molar-refractivity contribution in [2.24, 2.45) is 0 Å². The Morgan fingerprint density at radius 1 is 1.54 bits per heavy atom. The van der Waals surface area contributed by atoms with Crippen LogP contribution in [-0.2, 0) is 4.74 Å². The first-order valence-electron chi connectivity index (χ1n) is 4.88. The standard InChI is InChI=1S/C10H16N2O/c1-8-6-9(2)12(11-8)10-4-3-5-13-7-10/h6,10H,3-5,7H2,1-2H3. The first kappa shape index (κ1) is 8.75. The van der Waals surface area contributed by atoms with Crippen LogP contribution in [0.4, 0.5) is 0 Å². The quantitative estimate of drug-likeness (QED) is 0.659. The zero-order chi connectivity index (χ0) is 9.26. The van der Waals surface area contributed by atoms with Crippen LogP contribution in [0.1, 0.15) is 30.3 Å². The molecule has 0 amide bonds. The van der Waals surface area contributed by atoms with Crippen LogP contribution in [0.5, 0.6) is 0 Å². The summed E-state index contributed by atoms with van der Waals surface area (Å²) in [7, 11) is 0. The van der Waals surface area contributed by atoms with Gasteiger partial charge < -0.3 is 4.74 Å². The molecule has 0 saturated carbocycles. The van der Waals surface area contributed by atoms with Gasteiger partial charge >= 0.3 is 0 Å². The normalized spacial score (nSPS) is 23.4. The summed E-state index contributed by atoms with van der Waals surface area (Å²) in [4.78, 5) is 0. The molecule has 1 aromatic heterocycles. The molecule has 0 spiro atoms. The van der Waals surface area contributed by atoms with Crippen molar-refractivity contribution in [3.63, 3.8) is 0 Å². The van der Waals surface area contributed by atoms with Crippen molar-refractivity contribution in [1.29, 1.82) is 0 Å². The van der Waals surface area contributed by atoms with Gasteiger partial charge in [-0.25, -0.2) is 0 Å². The molecule has 1 unspecified atom stereocenters. The van der Waals surface area contributed by atoms with E-state index in [1.807, 2.05) is 6.92 Å². The molecule has 0 N–H and O–H groups in total. The Balaban J connectivity index is 2.18. The summed E-state index contributed by atoms with van der Waals surface area (Å²) in [5.74, 6) is 0. The SMILES string of the molecule is Cc1cc(C)n(C2CCCOC2)n1. The number of hydrogen-bond acceptors (Lipinski definition) is 2. The Morgan fingerprint density at radius 2 is 2.38 bits per heavy atom. The molecule has 3 heteroatoms. The van der Waals surface area contributed by atoms with E-state index in [9.17, 15) is 0 Å². The van der Waals surface area contributed by atoms with Crippen molar-refractivity contribution in [3.8, 4) is 0 Å². The molecule has 1 aliphatic rings. The molecule has 1 aliphatic heterocycles. The Labute approximate surface area is 78.7 Å². The molecule has 3 nitrogen and oxygen atoms in total. The third-order valence-corrected chi connectivity index (χ3v) is 2.53. The van der Waals surface area contributed by atoms with Gasteiger partial charge in [0.2, 0.25) is 0 Å². The van der Waals surface area contributed by atoms with Gasteiger partial charge in [0, 0.05) is 12.3 Å². The third-order valence-electron chi connectivity index (χ3n) is 2.53. The molecule has 13 heavy (non-hydrogen) atoms. The van der Waals surface area contributed by atoms with E-state index in [-0.39, 0.29) is 0 Å². The largest absolute Gasteiger partial charge is 0.379 e. The zero-order valence-electron chi connectivity index (χ0n) is 8.29. The van der Waals surface area contributed by atoms with E-state index in [1.54, 1.807) is 0 Å². The average Bonchev–Trinajstić information content (AvgIpc) is 2.47. The minimum absolute atomic E-state index is 0.461. The first-order chi connectivity index (χ1) is 6.27. The molecule has 1 saturated heterocycles. The second-order valence-electron chi connectivity index (χ2n) is 3.74. The lowest BCUT2D eigenvalue weighted by atomic mass is 10.1. The van der Waals surface area contributed by atoms with Gasteiger partial charge in [-0.2, -0.15) is 5.10 Å². The fourth-order valence-electron chi connectivity index (χ4n) is 1.93. The number of rotatable bonds is 1. The van der Waals surface area contributed by atoms with E-state index in [0.29, 0.717) is 6.04 Å². The van der Waals surface area contributed by atoms with Crippen molar-refractivity contribution in [3.05, 3.63) is 17.5 Å². The molecular formula is C10H16N2O. The molecule has 0 aromatic carbocycles. The van der Waals surface area contributed by atoms with Crippen molar-refractivity contribution in [2.45, 2.75) is 32.7 Å². The minimum Gasteiger partial charge on any atom is -0.379 e. The first-order valence-corrected chi connectivity index (χ1v) is 4.88. The van der Waals surface area contributed by atoms with E-state index in [0.717, 1.165) is 25.3 Å². The summed E-state index contributed by atoms with van der Waals surface area (Å²) in [6.07, 6.45) is 2.35. The highest BCUT2D eigenvalue weighted by atomic mass is 16.5. The highest BCUT2D eigenvalue weighted by Gasteiger charge is 2.17. The molecular weight excluding hydrogens is 164 g/mol. The van der Waals surface area contributed by atoms with Crippen LogP contribution in [0.2, 0.25) is 0 Å². The monoisotopic (exact) mass is 180 g/mol. The smallest absolute Gasteiger partial charge is 0.0756 e. The maximum absolute atomic E-state index is 5.44. The molecule has 1 aromatic rings. The zero-order valence-corrected chi connectivity index (χ0v) is 8.29. The second-order valence-corrected chi connectivity index (χ2v) is 3.74. The van der Waals surface area contributed by atoms with E-state index in [2.05, 4.69) is 22.8 Å². The van der Waals surface area contributed by atoms with Crippen LogP contribution in [0.15, 0.2) is 6.07 Å². The maximum atomic E-state index is 5.44. The van der Waals surface area contributed by atoms with Gasteiger partial charge in [-0.1, -0.05) is 0 Å². The second kappa shape index (κ2) is 3.50. The third kappa shape index (κ3) is 1.75. The Bertz CT molecular complexity index is 287. The van der Waals surface area contributed by atoms with Crippen LogP contribution in [-0.4, -0.2) is 23.0 Å². The van der Waals surface area contributed by atoms with Crippen LogP contribution in [0.3, 0.4) is 0 Å². The number of aryl methyl sites for hydroxylation is 2. The van der Waals surface area contributed by atoms with Crippen molar-refractivity contribution < 1.29 is 4.74 Å². The highest BCUT2D eigenvalue weighted by molar-refractivity contribution is 5.07. The van der Waals surface area contributed by atoms with Gasteiger partial charge in [-0.3, -0.25) is 4.68 Å². The minimum atomic E-state index is 0.461. The number of hydrogen-bond donors (Lipinski definition) is 0. The maximum Gasteiger partial charge on any atom is 0.0756 e. The number of ether oxygens (including phenoxy) is 1. The van der Waals surface area contributed by atoms with Gasteiger partial charge in [0.1, 0.15) is 0 Å². The molecule has 0 bridgehead atoms. The summed E-state index contributed by atoms with van der Waals surface area (Å²) in [5, 5.41) is 4.47. The van der Waals surface area contributed by atoms with Crippen molar-refractivity contribution in [2.75, 3.05) is 13.2 Å². The Kier molecular flexibility index (Phi) is 2.36. The fourth-order valence-corrected chi connectivity index (χ4v) is 1.93. The Hall–Kier alpha value is -0.830. The molecule has 72 valence electrons. The van der Waals surface area contributed by atoms with Crippen LogP contribution < -0.4 is 0 Å². The van der Waals surface area contributed by atoms with Gasteiger partial charge in [0.05, 0.1) is 18.3 Å². The van der Waals surface area contributed by atoms with E-state index in [1.165, 1.54) is 12.1 Å². The molecule has 0 aliphatic carbocycles. The lowest BCUT2D eigenvalue weighted by Gasteiger charge is -2.23. The highest BCUT2D eigenvalue weighted by Crippen LogP contribution is 2.20. The molecule has 2 heterocycles. The fraction of sp³-hybridized carbons (Fsp3) is 0.700. The number of nitrogens with zero attached hydrogens (tertiary/aromatic N) is 2. The van der Waals surface area contributed by atoms with Gasteiger partial charge in [-0.05, 0) is 32.8 Å². The summed E-state index contributed by atoms with van der Waals surface area (Å²) in [6, 6.07) is 2.58. The van der Waals surface area contributed by atoms with E-state index >= 15 is 0 Å². The van der Waals surface area contributed by atoms with Crippen molar-refractivity contribution >= 4 is 0 Å². The topological polar surface area (TPSA) is 27.1 Å². The molecule has 2 rings (SSSR count). The predicted molar refractivity (Wildman–Crippen MR) is 50.8 cm³/mol. The van der Waals surface area contributed by atoms with E-state index < -0.39 is 0 Å². The van der Waals surface area contributed by atoms with Crippen molar-refractivity contribution in [1.82, 2.24) is 9.78 Å². The van der Waals surface area contributed by atoms with Gasteiger partial charge in [0.25, 0.3) is 0 Å². The summed E-state index contributed by atoms with van der Waals surface area (Å²) < 4.78 is 7.55. The summed E-state index contributed by atoms with van der Waals surface area (Å²) in [5.41, 5.74) is 2.34. The Morgan fingerprint density at radius 3 is 2.92 bits per heavy atom. The lowest BCUT2D eigenvalue weighted by molar-refractivity contribution is 0.0541. The van der Waals surface area contributed by atoms with E-state index in [4.69, 9.17) is 4.74 Å². The van der Waals surface area contributed by atoms with Gasteiger partial charge in [-0.15, -0.1) is 0 Å².